The van der Waals surface area contributed by atoms with Crippen molar-refractivity contribution < 1.29 is 9.90 Å². The molecule has 0 spiro atoms. The molecule has 5 nitrogen and oxygen atoms in total. The fourth-order valence-electron chi connectivity index (χ4n) is 3.45. The lowest BCUT2D eigenvalue weighted by Gasteiger charge is -2.28. The highest BCUT2D eigenvalue weighted by molar-refractivity contribution is 5.93. The Morgan fingerprint density at radius 3 is 2.83 bits per heavy atom. The Morgan fingerprint density at radius 2 is 2.08 bits per heavy atom. The van der Waals surface area contributed by atoms with Crippen molar-refractivity contribution in [3.8, 4) is 0 Å². The Bertz CT molecular complexity index is 708. The number of nitrogens with zero attached hydrogens (tertiary/aromatic N) is 1. The van der Waals surface area contributed by atoms with Gasteiger partial charge in [0, 0.05) is 29.3 Å². The second-order valence-electron chi connectivity index (χ2n) is 7.19. The molecule has 0 saturated heterocycles. The summed E-state index contributed by atoms with van der Waals surface area (Å²) in [6, 6.07) is 7.64. The number of aliphatic hydroxyl groups is 1. The van der Waals surface area contributed by atoms with Crippen LogP contribution < -0.4 is 10.6 Å². The van der Waals surface area contributed by atoms with Crippen molar-refractivity contribution in [1.29, 1.82) is 0 Å². The van der Waals surface area contributed by atoms with Crippen molar-refractivity contribution in [2.24, 2.45) is 5.92 Å². The van der Waals surface area contributed by atoms with Crippen molar-refractivity contribution in [3.63, 3.8) is 0 Å². The molecule has 3 rings (SSSR count). The average molecular weight is 329 g/mol. The monoisotopic (exact) mass is 329 g/mol. The molecular formula is C19H27N3O2. The van der Waals surface area contributed by atoms with Crippen LogP contribution in [-0.2, 0) is 6.54 Å². The van der Waals surface area contributed by atoms with Crippen LogP contribution in [0.1, 0.15) is 39.5 Å². The first kappa shape index (κ1) is 16.8. The zero-order chi connectivity index (χ0) is 17.1. The molecule has 1 aromatic heterocycles. The van der Waals surface area contributed by atoms with Gasteiger partial charge < -0.3 is 20.3 Å². The summed E-state index contributed by atoms with van der Waals surface area (Å²) in [7, 11) is 0. The highest BCUT2D eigenvalue weighted by Crippen LogP contribution is 2.22. The van der Waals surface area contributed by atoms with Gasteiger partial charge in [0.25, 0.3) is 0 Å². The van der Waals surface area contributed by atoms with Crippen LogP contribution in [-0.4, -0.2) is 27.9 Å². The third-order valence-electron chi connectivity index (χ3n) is 4.64. The van der Waals surface area contributed by atoms with E-state index < -0.39 is 6.10 Å². The van der Waals surface area contributed by atoms with Gasteiger partial charge in [-0.05, 0) is 43.0 Å². The van der Waals surface area contributed by atoms with Gasteiger partial charge in [0.2, 0.25) is 0 Å². The number of carbonyl (C=O) groups is 1. The molecule has 1 aliphatic carbocycles. The van der Waals surface area contributed by atoms with E-state index in [0.29, 0.717) is 5.92 Å². The van der Waals surface area contributed by atoms with E-state index in [1.54, 1.807) is 0 Å². The largest absolute Gasteiger partial charge is 0.391 e. The number of urea groups is 1. The molecule has 5 heteroatoms. The second-order valence-corrected chi connectivity index (χ2v) is 7.19. The summed E-state index contributed by atoms with van der Waals surface area (Å²) in [5.74, 6) is 0.589. The Hall–Kier alpha value is -2.01. The number of hydrogen-bond donors (Lipinski definition) is 3. The first-order valence-corrected chi connectivity index (χ1v) is 8.87. The van der Waals surface area contributed by atoms with Crippen LogP contribution >= 0.6 is 0 Å². The summed E-state index contributed by atoms with van der Waals surface area (Å²) >= 11 is 0. The molecule has 2 atom stereocenters. The maximum absolute atomic E-state index is 12.2. The van der Waals surface area contributed by atoms with Crippen LogP contribution in [0.3, 0.4) is 0 Å². The molecule has 1 saturated carbocycles. The first-order chi connectivity index (χ1) is 11.5. The van der Waals surface area contributed by atoms with E-state index in [1.165, 1.54) is 5.52 Å². The molecule has 130 valence electrons. The molecule has 24 heavy (non-hydrogen) atoms. The van der Waals surface area contributed by atoms with Crippen LogP contribution in [0.15, 0.2) is 30.5 Å². The number of nitrogens with one attached hydrogen (secondary N) is 2. The number of anilines is 1. The second kappa shape index (κ2) is 7.26. The lowest BCUT2D eigenvalue weighted by atomic mass is 9.93. The third kappa shape index (κ3) is 3.90. The van der Waals surface area contributed by atoms with E-state index in [1.807, 2.05) is 18.2 Å². The molecule has 2 amide bonds. The molecule has 0 bridgehead atoms. The standard InChI is InChI=1S/C19H27N3O2/c1-13(2)12-22-10-9-14-11-15(7-8-17(14)22)20-19(24)21-16-5-3-4-6-18(16)23/h7-11,13,16,18,23H,3-6,12H2,1-2H3,(H2,20,21,24). The van der Waals surface area contributed by atoms with Crippen molar-refractivity contribution in [1.82, 2.24) is 9.88 Å². The number of benzene rings is 1. The van der Waals surface area contributed by atoms with E-state index in [-0.39, 0.29) is 12.1 Å². The summed E-state index contributed by atoms with van der Waals surface area (Å²) in [6.07, 6.45) is 5.35. The molecule has 1 aliphatic rings. The zero-order valence-corrected chi connectivity index (χ0v) is 14.5. The first-order valence-electron chi connectivity index (χ1n) is 8.87. The fourth-order valence-corrected chi connectivity index (χ4v) is 3.45. The van der Waals surface area contributed by atoms with Crippen LogP contribution in [0.5, 0.6) is 0 Å². The molecule has 0 radical (unpaired) electrons. The number of hydrogen-bond acceptors (Lipinski definition) is 2. The van der Waals surface area contributed by atoms with Crippen LogP contribution in [0.4, 0.5) is 10.5 Å². The molecule has 2 unspecified atom stereocenters. The summed E-state index contributed by atoms with van der Waals surface area (Å²) in [5, 5.41) is 16.8. The van der Waals surface area contributed by atoms with Gasteiger partial charge in [-0.25, -0.2) is 4.79 Å². The minimum absolute atomic E-state index is 0.144. The van der Waals surface area contributed by atoms with Crippen LogP contribution in [0, 0.1) is 5.92 Å². The number of aliphatic hydroxyl groups excluding tert-OH is 1. The molecule has 3 N–H and O–H groups in total. The highest BCUT2D eigenvalue weighted by atomic mass is 16.3. The fraction of sp³-hybridized carbons (Fsp3) is 0.526. The van der Waals surface area contributed by atoms with Gasteiger partial charge in [-0.15, -0.1) is 0 Å². The number of amides is 2. The Kier molecular flexibility index (Phi) is 5.09. The third-order valence-corrected chi connectivity index (χ3v) is 4.64. The zero-order valence-electron chi connectivity index (χ0n) is 14.5. The van der Waals surface area contributed by atoms with Crippen LogP contribution in [0.25, 0.3) is 10.9 Å². The van der Waals surface area contributed by atoms with E-state index in [2.05, 4.69) is 41.3 Å². The Morgan fingerprint density at radius 1 is 1.29 bits per heavy atom. The topological polar surface area (TPSA) is 66.3 Å². The maximum atomic E-state index is 12.2. The van der Waals surface area contributed by atoms with Crippen LogP contribution in [0.2, 0.25) is 0 Å². The smallest absolute Gasteiger partial charge is 0.319 e. The van der Waals surface area contributed by atoms with Gasteiger partial charge in [0.05, 0.1) is 12.1 Å². The lowest BCUT2D eigenvalue weighted by Crippen LogP contribution is -2.46. The van der Waals surface area contributed by atoms with Gasteiger partial charge in [-0.1, -0.05) is 26.7 Å². The van der Waals surface area contributed by atoms with Crippen molar-refractivity contribution in [2.45, 2.75) is 58.2 Å². The minimum atomic E-state index is -0.433. The quantitative estimate of drug-likeness (QED) is 0.800. The molecular weight excluding hydrogens is 302 g/mol. The van der Waals surface area contributed by atoms with E-state index in [0.717, 1.165) is 43.3 Å². The van der Waals surface area contributed by atoms with Crippen molar-refractivity contribution in [3.05, 3.63) is 30.5 Å². The van der Waals surface area contributed by atoms with E-state index in [4.69, 9.17) is 0 Å². The number of rotatable bonds is 4. The number of aromatic nitrogens is 1. The van der Waals surface area contributed by atoms with Gasteiger partial charge in [-0.3, -0.25) is 0 Å². The van der Waals surface area contributed by atoms with Gasteiger partial charge >= 0.3 is 6.03 Å². The summed E-state index contributed by atoms with van der Waals surface area (Å²) in [5.41, 5.74) is 1.95. The normalized spacial score (nSPS) is 21.2. The molecule has 1 fully saturated rings. The molecule has 0 aliphatic heterocycles. The molecule has 2 aromatic rings. The van der Waals surface area contributed by atoms with Crippen molar-refractivity contribution >= 4 is 22.6 Å². The highest BCUT2D eigenvalue weighted by Gasteiger charge is 2.24. The maximum Gasteiger partial charge on any atom is 0.319 e. The number of fused-ring (bicyclic) bond motifs is 1. The Labute approximate surface area is 143 Å². The van der Waals surface area contributed by atoms with E-state index in [9.17, 15) is 9.90 Å². The Balaban J connectivity index is 1.65. The van der Waals surface area contributed by atoms with Crippen molar-refractivity contribution in [2.75, 3.05) is 5.32 Å². The lowest BCUT2D eigenvalue weighted by molar-refractivity contribution is 0.0955. The summed E-state index contributed by atoms with van der Waals surface area (Å²) in [4.78, 5) is 12.2. The van der Waals surface area contributed by atoms with E-state index >= 15 is 0 Å². The summed E-state index contributed by atoms with van der Waals surface area (Å²) < 4.78 is 2.24. The average Bonchev–Trinajstić information content (AvgIpc) is 2.91. The SMILES string of the molecule is CC(C)Cn1ccc2cc(NC(=O)NC3CCCCC3O)ccc21. The molecule has 1 aromatic carbocycles. The summed E-state index contributed by atoms with van der Waals surface area (Å²) in [6.45, 7) is 5.38. The number of carbonyl (C=O) groups excluding carboxylic acids is 1. The van der Waals surface area contributed by atoms with Gasteiger partial charge in [0.1, 0.15) is 0 Å². The predicted molar refractivity (Wildman–Crippen MR) is 97.2 cm³/mol. The predicted octanol–water partition coefficient (Wildman–Crippen LogP) is 3.72. The minimum Gasteiger partial charge on any atom is -0.391 e. The van der Waals surface area contributed by atoms with Gasteiger partial charge in [0.15, 0.2) is 0 Å². The van der Waals surface area contributed by atoms with Gasteiger partial charge in [-0.2, -0.15) is 0 Å². The molecule has 1 heterocycles.